The third kappa shape index (κ3) is 4.02. The van der Waals surface area contributed by atoms with Gasteiger partial charge in [0, 0.05) is 25.1 Å². The number of ketones is 1. The standard InChI is InChI=1S/C23H24FNO6S/c1-14-12-19(26)22-20(10-9-18(24)21(14)22)31-23(27)15-4-3-11-25(13-15)32(28,29)17-7-5-16(30-2)6-8-17/h5-10,14-15H,3-4,11-13H2,1-2H3. The molecule has 2 aromatic rings. The molecule has 2 aromatic carbocycles. The highest BCUT2D eigenvalue weighted by molar-refractivity contribution is 7.89. The number of halogens is 1. The molecule has 0 N–H and O–H groups in total. The molecule has 2 aliphatic rings. The summed E-state index contributed by atoms with van der Waals surface area (Å²) >= 11 is 0. The number of rotatable bonds is 5. The molecule has 0 saturated carbocycles. The monoisotopic (exact) mass is 461 g/mol. The molecule has 1 aliphatic carbocycles. The number of nitrogens with zero attached hydrogens (tertiary/aromatic N) is 1. The Morgan fingerprint density at radius 3 is 2.56 bits per heavy atom. The van der Waals surface area contributed by atoms with Crippen LogP contribution in [0.25, 0.3) is 0 Å². The summed E-state index contributed by atoms with van der Waals surface area (Å²) in [5.41, 5.74) is 0.386. The minimum Gasteiger partial charge on any atom is -0.497 e. The molecule has 0 aromatic heterocycles. The lowest BCUT2D eigenvalue weighted by Gasteiger charge is -2.30. The molecular formula is C23H24FNO6S. The molecule has 7 nitrogen and oxygen atoms in total. The summed E-state index contributed by atoms with van der Waals surface area (Å²) in [4.78, 5) is 25.3. The van der Waals surface area contributed by atoms with Gasteiger partial charge in [-0.3, -0.25) is 9.59 Å². The first-order valence-corrected chi connectivity index (χ1v) is 11.9. The van der Waals surface area contributed by atoms with Gasteiger partial charge in [0.25, 0.3) is 0 Å². The number of hydrogen-bond donors (Lipinski definition) is 0. The molecule has 32 heavy (non-hydrogen) atoms. The topological polar surface area (TPSA) is 90.0 Å². The molecule has 0 radical (unpaired) electrons. The van der Waals surface area contributed by atoms with Crippen LogP contribution in [0, 0.1) is 11.7 Å². The maximum Gasteiger partial charge on any atom is 0.315 e. The molecule has 1 fully saturated rings. The Morgan fingerprint density at radius 1 is 1.16 bits per heavy atom. The zero-order chi connectivity index (χ0) is 23.0. The Labute approximate surface area is 186 Å². The number of sulfonamides is 1. The zero-order valence-electron chi connectivity index (χ0n) is 17.8. The van der Waals surface area contributed by atoms with Gasteiger partial charge in [0.2, 0.25) is 10.0 Å². The van der Waals surface area contributed by atoms with E-state index in [-0.39, 0.29) is 46.4 Å². The highest BCUT2D eigenvalue weighted by Gasteiger charge is 2.37. The fourth-order valence-corrected chi connectivity index (χ4v) is 5.88. The lowest BCUT2D eigenvalue weighted by atomic mass is 9.99. The van der Waals surface area contributed by atoms with Gasteiger partial charge in [-0.25, -0.2) is 12.8 Å². The molecule has 0 amide bonds. The van der Waals surface area contributed by atoms with Crippen molar-refractivity contribution in [2.24, 2.45) is 5.92 Å². The van der Waals surface area contributed by atoms with E-state index in [2.05, 4.69) is 0 Å². The van der Waals surface area contributed by atoms with Crippen molar-refractivity contribution in [1.82, 2.24) is 4.31 Å². The normalized spacial score (nSPS) is 21.3. The average Bonchev–Trinajstić information content (AvgIpc) is 3.10. The third-order valence-electron chi connectivity index (χ3n) is 6.04. The fourth-order valence-electron chi connectivity index (χ4n) is 4.35. The highest BCUT2D eigenvalue weighted by atomic mass is 32.2. The van der Waals surface area contributed by atoms with Crippen molar-refractivity contribution in [2.45, 2.75) is 37.0 Å². The molecule has 1 aliphatic heterocycles. The van der Waals surface area contributed by atoms with E-state index in [9.17, 15) is 22.4 Å². The molecule has 170 valence electrons. The van der Waals surface area contributed by atoms with Crippen molar-refractivity contribution in [3.05, 3.63) is 53.3 Å². The second-order valence-electron chi connectivity index (χ2n) is 8.16. The van der Waals surface area contributed by atoms with Crippen LogP contribution < -0.4 is 9.47 Å². The number of benzene rings is 2. The smallest absolute Gasteiger partial charge is 0.315 e. The quantitative estimate of drug-likeness (QED) is 0.500. The molecule has 0 spiro atoms. The minimum absolute atomic E-state index is 0.0269. The number of Topliss-reactive ketones (excluding diaryl/α,β-unsaturated/α-hetero) is 1. The maximum absolute atomic E-state index is 14.2. The number of hydrogen-bond acceptors (Lipinski definition) is 6. The summed E-state index contributed by atoms with van der Waals surface area (Å²) in [7, 11) is -2.30. The number of piperidine rings is 1. The molecular weight excluding hydrogens is 437 g/mol. The Balaban J connectivity index is 1.52. The highest BCUT2D eigenvalue weighted by Crippen LogP contribution is 2.40. The van der Waals surface area contributed by atoms with Crippen molar-refractivity contribution >= 4 is 21.8 Å². The molecule has 0 bridgehead atoms. The summed E-state index contributed by atoms with van der Waals surface area (Å²) in [6, 6.07) is 8.54. The van der Waals surface area contributed by atoms with Crippen LogP contribution in [-0.2, 0) is 14.8 Å². The van der Waals surface area contributed by atoms with Gasteiger partial charge in [0.05, 0.1) is 23.5 Å². The van der Waals surface area contributed by atoms with Gasteiger partial charge >= 0.3 is 5.97 Å². The van der Waals surface area contributed by atoms with Gasteiger partial charge in [-0.2, -0.15) is 4.31 Å². The van der Waals surface area contributed by atoms with Gasteiger partial charge < -0.3 is 9.47 Å². The van der Waals surface area contributed by atoms with Crippen LogP contribution in [-0.4, -0.2) is 44.7 Å². The maximum atomic E-state index is 14.2. The number of carbonyl (C=O) groups excluding carboxylic acids is 2. The van der Waals surface area contributed by atoms with Crippen LogP contribution >= 0.6 is 0 Å². The van der Waals surface area contributed by atoms with E-state index in [1.807, 2.05) is 0 Å². The zero-order valence-corrected chi connectivity index (χ0v) is 18.7. The minimum atomic E-state index is -3.79. The van der Waals surface area contributed by atoms with Gasteiger partial charge in [0.15, 0.2) is 5.78 Å². The van der Waals surface area contributed by atoms with Gasteiger partial charge in [-0.1, -0.05) is 6.92 Å². The predicted molar refractivity (Wildman–Crippen MR) is 114 cm³/mol. The van der Waals surface area contributed by atoms with E-state index in [4.69, 9.17) is 9.47 Å². The first kappa shape index (κ1) is 22.4. The van der Waals surface area contributed by atoms with E-state index in [1.165, 1.54) is 35.7 Å². The number of fused-ring (bicyclic) bond motifs is 1. The Bertz CT molecular complexity index is 1160. The lowest BCUT2D eigenvalue weighted by molar-refractivity contribution is -0.140. The lowest BCUT2D eigenvalue weighted by Crippen LogP contribution is -2.43. The van der Waals surface area contributed by atoms with Crippen molar-refractivity contribution in [3.8, 4) is 11.5 Å². The van der Waals surface area contributed by atoms with Crippen molar-refractivity contribution in [2.75, 3.05) is 20.2 Å². The SMILES string of the molecule is COc1ccc(S(=O)(=O)N2CCCC(C(=O)Oc3ccc(F)c4c3C(=O)CC4C)C2)cc1. The van der Waals surface area contributed by atoms with E-state index in [0.717, 1.165) is 0 Å². The van der Waals surface area contributed by atoms with Crippen molar-refractivity contribution in [1.29, 1.82) is 0 Å². The summed E-state index contributed by atoms with van der Waals surface area (Å²) in [5, 5.41) is 0. The number of carbonyl (C=O) groups is 2. The first-order chi connectivity index (χ1) is 15.2. The number of esters is 1. The molecule has 2 atom stereocenters. The third-order valence-corrected chi connectivity index (χ3v) is 7.92. The summed E-state index contributed by atoms with van der Waals surface area (Å²) < 4.78 is 52.1. The van der Waals surface area contributed by atoms with Crippen LogP contribution in [0.5, 0.6) is 11.5 Å². The fraction of sp³-hybridized carbons (Fsp3) is 0.391. The van der Waals surface area contributed by atoms with Gasteiger partial charge in [0.1, 0.15) is 17.3 Å². The molecule has 4 rings (SSSR count). The van der Waals surface area contributed by atoms with Crippen molar-refractivity contribution in [3.63, 3.8) is 0 Å². The van der Waals surface area contributed by atoms with E-state index >= 15 is 0 Å². The molecule has 1 heterocycles. The Hall–Kier alpha value is -2.78. The second kappa shape index (κ2) is 8.63. The van der Waals surface area contributed by atoms with Gasteiger partial charge in [-0.05, 0) is 55.2 Å². The molecule has 2 unspecified atom stereocenters. The predicted octanol–water partition coefficient (Wildman–Crippen LogP) is 3.53. The number of ether oxygens (including phenoxy) is 2. The van der Waals surface area contributed by atoms with E-state index < -0.39 is 27.7 Å². The van der Waals surface area contributed by atoms with Crippen LogP contribution in [0.3, 0.4) is 0 Å². The largest absolute Gasteiger partial charge is 0.497 e. The summed E-state index contributed by atoms with van der Waals surface area (Å²) in [6.45, 7) is 2.02. The van der Waals surface area contributed by atoms with E-state index in [0.29, 0.717) is 25.1 Å². The Morgan fingerprint density at radius 2 is 1.88 bits per heavy atom. The van der Waals surface area contributed by atoms with Crippen molar-refractivity contribution < 1.29 is 31.9 Å². The average molecular weight is 462 g/mol. The first-order valence-electron chi connectivity index (χ1n) is 10.4. The summed E-state index contributed by atoms with van der Waals surface area (Å²) in [5.74, 6) is -1.77. The van der Waals surface area contributed by atoms with Crippen LogP contribution in [0.2, 0.25) is 0 Å². The number of methoxy groups -OCH3 is 1. The van der Waals surface area contributed by atoms with Crippen LogP contribution in [0.15, 0.2) is 41.3 Å². The second-order valence-corrected chi connectivity index (χ2v) is 10.1. The molecule has 9 heteroatoms. The molecule has 1 saturated heterocycles. The van der Waals surface area contributed by atoms with Gasteiger partial charge in [-0.15, -0.1) is 0 Å². The van der Waals surface area contributed by atoms with E-state index in [1.54, 1.807) is 19.1 Å². The summed E-state index contributed by atoms with van der Waals surface area (Å²) in [6.07, 6.45) is 1.12. The van der Waals surface area contributed by atoms with Crippen LogP contribution in [0.1, 0.15) is 48.0 Å². The Kier molecular flexibility index (Phi) is 6.05. The van der Waals surface area contributed by atoms with Crippen LogP contribution in [0.4, 0.5) is 4.39 Å².